The lowest BCUT2D eigenvalue weighted by Crippen LogP contribution is -2.43. The van der Waals surface area contributed by atoms with Gasteiger partial charge in [-0.1, -0.05) is 32.4 Å². The molecule has 2 N–H and O–H groups in total. The van der Waals surface area contributed by atoms with E-state index in [1.807, 2.05) is 24.3 Å². The molecule has 1 aliphatic rings. The maximum atomic E-state index is 12.0. The van der Waals surface area contributed by atoms with E-state index in [9.17, 15) is 9.59 Å². The van der Waals surface area contributed by atoms with Gasteiger partial charge in [0.25, 0.3) is 0 Å². The molecule has 24 heavy (non-hydrogen) atoms. The fourth-order valence-electron chi connectivity index (χ4n) is 3.16. The van der Waals surface area contributed by atoms with Crippen molar-refractivity contribution in [2.75, 3.05) is 25.0 Å². The zero-order valence-electron chi connectivity index (χ0n) is 14.8. The van der Waals surface area contributed by atoms with Gasteiger partial charge in [0.05, 0.1) is 0 Å². The molecule has 2 amide bonds. The number of anilines is 1. The average Bonchev–Trinajstić information content (AvgIpc) is 3.06. The number of rotatable bonds is 7. The predicted molar refractivity (Wildman–Crippen MR) is 97.0 cm³/mol. The third kappa shape index (κ3) is 5.34. The van der Waals surface area contributed by atoms with Crippen molar-refractivity contribution in [3.05, 3.63) is 29.8 Å². The lowest BCUT2D eigenvalue weighted by atomic mass is 10.1. The topological polar surface area (TPSA) is 61.4 Å². The van der Waals surface area contributed by atoms with Crippen LogP contribution in [0.3, 0.4) is 0 Å². The summed E-state index contributed by atoms with van der Waals surface area (Å²) in [5, 5.41) is 5.42. The molecule has 1 atom stereocenters. The maximum absolute atomic E-state index is 12.0. The van der Waals surface area contributed by atoms with Crippen molar-refractivity contribution in [2.45, 2.75) is 52.0 Å². The van der Waals surface area contributed by atoms with Crippen LogP contribution in [0.4, 0.5) is 5.69 Å². The van der Waals surface area contributed by atoms with Crippen molar-refractivity contribution in [3.63, 3.8) is 0 Å². The Balaban J connectivity index is 1.77. The molecular weight excluding hydrogens is 302 g/mol. The summed E-state index contributed by atoms with van der Waals surface area (Å²) in [6, 6.07) is 8.06. The summed E-state index contributed by atoms with van der Waals surface area (Å²) in [7, 11) is 0. The van der Waals surface area contributed by atoms with Crippen LogP contribution in [0.2, 0.25) is 0 Å². The summed E-state index contributed by atoms with van der Waals surface area (Å²) in [6.07, 6.45) is 5.60. The number of unbranched alkanes of at least 4 members (excludes halogenated alkanes) is 1. The van der Waals surface area contributed by atoms with Gasteiger partial charge in [0.1, 0.15) is 0 Å². The van der Waals surface area contributed by atoms with Gasteiger partial charge >= 0.3 is 11.8 Å². The smallest absolute Gasteiger partial charge is 0.313 e. The first-order chi connectivity index (χ1) is 11.6. The van der Waals surface area contributed by atoms with Gasteiger partial charge in [-0.05, 0) is 56.5 Å². The first kappa shape index (κ1) is 18.5. The Kier molecular flexibility index (Phi) is 7.25. The van der Waals surface area contributed by atoms with Gasteiger partial charge in [-0.2, -0.15) is 0 Å². The molecule has 1 fully saturated rings. The second-order valence-corrected chi connectivity index (χ2v) is 6.39. The quantitative estimate of drug-likeness (QED) is 0.755. The molecule has 1 aromatic carbocycles. The normalized spacial score (nSPS) is 17.7. The number of likely N-dealkylation sites (tertiary alicyclic amines) is 1. The van der Waals surface area contributed by atoms with E-state index >= 15 is 0 Å². The first-order valence-corrected chi connectivity index (χ1v) is 9.06. The minimum Gasteiger partial charge on any atom is -0.346 e. The van der Waals surface area contributed by atoms with Crippen molar-refractivity contribution < 1.29 is 9.59 Å². The number of hydrogen-bond acceptors (Lipinski definition) is 3. The number of likely N-dealkylation sites (N-methyl/N-ethyl adjacent to an activating group) is 1. The molecule has 0 spiro atoms. The van der Waals surface area contributed by atoms with E-state index in [4.69, 9.17) is 0 Å². The van der Waals surface area contributed by atoms with Crippen molar-refractivity contribution >= 4 is 17.5 Å². The standard InChI is InChI=1S/C19H29N3O2/c1-3-5-7-15-9-11-16(12-10-15)21-19(24)18(23)20-14-17-8-6-13-22(17)4-2/h9-12,17H,3-8,13-14H2,1-2H3,(H,20,23)(H,21,24)/t17-/m0/s1. The molecule has 0 radical (unpaired) electrons. The number of nitrogens with one attached hydrogen (secondary N) is 2. The molecule has 1 aliphatic heterocycles. The minimum atomic E-state index is -0.600. The van der Waals surface area contributed by atoms with E-state index < -0.39 is 11.8 Å². The Morgan fingerprint density at radius 1 is 1.17 bits per heavy atom. The van der Waals surface area contributed by atoms with Crippen LogP contribution < -0.4 is 10.6 Å². The van der Waals surface area contributed by atoms with Crippen molar-refractivity contribution in [1.29, 1.82) is 0 Å². The molecule has 132 valence electrons. The van der Waals surface area contributed by atoms with Gasteiger partial charge in [-0.3, -0.25) is 14.5 Å². The summed E-state index contributed by atoms with van der Waals surface area (Å²) in [6.45, 7) is 6.89. The monoisotopic (exact) mass is 331 g/mol. The largest absolute Gasteiger partial charge is 0.346 e. The summed E-state index contributed by atoms with van der Waals surface area (Å²) in [4.78, 5) is 26.3. The number of nitrogens with zero attached hydrogens (tertiary/aromatic N) is 1. The fourth-order valence-corrected chi connectivity index (χ4v) is 3.16. The summed E-state index contributed by atoms with van der Waals surface area (Å²) in [5.41, 5.74) is 1.91. The number of amides is 2. The SMILES string of the molecule is CCCCc1ccc(NC(=O)C(=O)NC[C@@H]2CCCN2CC)cc1. The predicted octanol–water partition coefficient (Wildman–Crippen LogP) is 2.57. The maximum Gasteiger partial charge on any atom is 0.313 e. The molecule has 0 saturated carbocycles. The van der Waals surface area contributed by atoms with Crippen LogP contribution in [0.5, 0.6) is 0 Å². The van der Waals surface area contributed by atoms with Gasteiger partial charge in [-0.25, -0.2) is 0 Å². The van der Waals surface area contributed by atoms with Crippen molar-refractivity contribution in [3.8, 4) is 0 Å². The van der Waals surface area contributed by atoms with Crippen LogP contribution in [-0.4, -0.2) is 42.4 Å². The molecule has 2 rings (SSSR count). The van der Waals surface area contributed by atoms with Crippen LogP contribution in [0.15, 0.2) is 24.3 Å². The third-order valence-corrected chi connectivity index (χ3v) is 4.64. The molecule has 1 heterocycles. The highest BCUT2D eigenvalue weighted by Crippen LogP contribution is 2.15. The van der Waals surface area contributed by atoms with Gasteiger partial charge in [-0.15, -0.1) is 0 Å². The highest BCUT2D eigenvalue weighted by Gasteiger charge is 2.24. The van der Waals surface area contributed by atoms with E-state index in [0.29, 0.717) is 18.3 Å². The Hall–Kier alpha value is -1.88. The number of carbonyl (C=O) groups is 2. The Labute approximate surface area is 144 Å². The Morgan fingerprint density at radius 2 is 1.92 bits per heavy atom. The summed E-state index contributed by atoms with van der Waals surface area (Å²) >= 11 is 0. The van der Waals surface area contributed by atoms with Crippen molar-refractivity contribution in [2.24, 2.45) is 0 Å². The number of hydrogen-bond donors (Lipinski definition) is 2. The van der Waals surface area contributed by atoms with Crippen LogP contribution in [0.1, 0.15) is 45.1 Å². The zero-order chi connectivity index (χ0) is 17.4. The lowest BCUT2D eigenvalue weighted by molar-refractivity contribution is -0.136. The molecule has 5 nitrogen and oxygen atoms in total. The molecule has 0 aromatic heterocycles. The highest BCUT2D eigenvalue weighted by molar-refractivity contribution is 6.39. The zero-order valence-corrected chi connectivity index (χ0v) is 14.8. The average molecular weight is 331 g/mol. The third-order valence-electron chi connectivity index (χ3n) is 4.64. The second kappa shape index (κ2) is 9.42. The number of benzene rings is 1. The molecule has 0 bridgehead atoms. The number of carbonyl (C=O) groups excluding carboxylic acids is 2. The van der Waals surface area contributed by atoms with Crippen molar-refractivity contribution in [1.82, 2.24) is 10.2 Å². The van der Waals surface area contributed by atoms with Crippen LogP contribution in [-0.2, 0) is 16.0 Å². The summed E-state index contributed by atoms with van der Waals surface area (Å²) in [5.74, 6) is -1.16. The van der Waals surface area contributed by atoms with Gasteiger partial charge in [0, 0.05) is 18.3 Å². The van der Waals surface area contributed by atoms with E-state index in [1.165, 1.54) is 5.56 Å². The van der Waals surface area contributed by atoms with Gasteiger partial charge in [0.2, 0.25) is 0 Å². The van der Waals surface area contributed by atoms with Crippen LogP contribution in [0, 0.1) is 0 Å². The van der Waals surface area contributed by atoms with Crippen LogP contribution >= 0.6 is 0 Å². The van der Waals surface area contributed by atoms with Crippen LogP contribution in [0.25, 0.3) is 0 Å². The first-order valence-electron chi connectivity index (χ1n) is 9.06. The molecule has 1 aromatic rings. The van der Waals surface area contributed by atoms with Gasteiger partial charge < -0.3 is 10.6 Å². The molecule has 5 heteroatoms. The van der Waals surface area contributed by atoms with E-state index in [-0.39, 0.29) is 0 Å². The molecule has 0 aliphatic carbocycles. The van der Waals surface area contributed by atoms with E-state index in [0.717, 1.165) is 45.2 Å². The molecular formula is C19H29N3O2. The Morgan fingerprint density at radius 3 is 2.58 bits per heavy atom. The minimum absolute atomic E-state index is 0.351. The second-order valence-electron chi connectivity index (χ2n) is 6.39. The number of aryl methyl sites for hydroxylation is 1. The highest BCUT2D eigenvalue weighted by atomic mass is 16.2. The lowest BCUT2D eigenvalue weighted by Gasteiger charge is -2.22. The molecule has 1 saturated heterocycles. The van der Waals surface area contributed by atoms with E-state index in [1.54, 1.807) is 0 Å². The fraction of sp³-hybridized carbons (Fsp3) is 0.579. The van der Waals surface area contributed by atoms with E-state index in [2.05, 4.69) is 29.4 Å². The van der Waals surface area contributed by atoms with Gasteiger partial charge in [0.15, 0.2) is 0 Å². The summed E-state index contributed by atoms with van der Waals surface area (Å²) < 4.78 is 0. The Bertz CT molecular complexity index is 542. The molecule has 0 unspecified atom stereocenters.